The first-order valence-corrected chi connectivity index (χ1v) is 8.38. The quantitative estimate of drug-likeness (QED) is 0.753. The van der Waals surface area contributed by atoms with Crippen LogP contribution in [0.15, 0.2) is 39.5 Å². The number of aryl methyl sites for hydroxylation is 2. The second-order valence-corrected chi connectivity index (χ2v) is 6.70. The van der Waals surface area contributed by atoms with Crippen molar-refractivity contribution in [3.8, 4) is 0 Å². The van der Waals surface area contributed by atoms with Gasteiger partial charge >= 0.3 is 0 Å². The fourth-order valence-electron chi connectivity index (χ4n) is 2.32. The Morgan fingerprint density at radius 1 is 1.32 bits per heavy atom. The number of anilines is 1. The molecule has 130 valence electrons. The van der Waals surface area contributed by atoms with E-state index in [-0.39, 0.29) is 17.6 Å². The number of aromatic nitrogens is 1. The molecule has 0 aliphatic rings. The van der Waals surface area contributed by atoms with Crippen LogP contribution in [0.1, 0.15) is 37.2 Å². The molecular weight excluding hydrogens is 342 g/mol. The van der Waals surface area contributed by atoms with E-state index in [1.165, 1.54) is 17.6 Å². The Kier molecular flexibility index (Phi) is 4.71. The summed E-state index contributed by atoms with van der Waals surface area (Å²) in [5.41, 5.74) is 1.49. The summed E-state index contributed by atoms with van der Waals surface area (Å²) in [6.45, 7) is 3.98. The third-order valence-electron chi connectivity index (χ3n) is 3.52. The van der Waals surface area contributed by atoms with E-state index in [4.69, 9.17) is 8.94 Å². The monoisotopic (exact) mass is 359 g/mol. The molecule has 0 aliphatic heterocycles. The summed E-state index contributed by atoms with van der Waals surface area (Å²) >= 11 is 1.23. The molecule has 0 bridgehead atoms. The SMILES string of the molecule is Cc1cc(CN(C)C(=O)c2sc(NC(=O)c3ccco3)cc2C)no1. The van der Waals surface area contributed by atoms with E-state index in [1.807, 2.05) is 6.92 Å². The van der Waals surface area contributed by atoms with Crippen LogP contribution in [-0.2, 0) is 6.54 Å². The van der Waals surface area contributed by atoms with Gasteiger partial charge in [0.15, 0.2) is 5.76 Å². The maximum absolute atomic E-state index is 12.7. The number of furan rings is 1. The normalized spacial score (nSPS) is 10.7. The van der Waals surface area contributed by atoms with Crippen molar-refractivity contribution in [2.75, 3.05) is 12.4 Å². The molecule has 0 saturated heterocycles. The van der Waals surface area contributed by atoms with Gasteiger partial charge in [0.05, 0.1) is 22.7 Å². The smallest absolute Gasteiger partial charge is 0.291 e. The van der Waals surface area contributed by atoms with Gasteiger partial charge in [-0.15, -0.1) is 11.3 Å². The zero-order valence-corrected chi connectivity index (χ0v) is 14.8. The molecule has 25 heavy (non-hydrogen) atoms. The van der Waals surface area contributed by atoms with Gasteiger partial charge in [-0.1, -0.05) is 5.16 Å². The number of rotatable bonds is 5. The third kappa shape index (κ3) is 3.80. The molecule has 3 heterocycles. The van der Waals surface area contributed by atoms with Gasteiger partial charge in [-0.25, -0.2) is 0 Å². The molecule has 0 spiro atoms. The molecule has 3 aromatic rings. The van der Waals surface area contributed by atoms with E-state index in [0.29, 0.717) is 27.9 Å². The summed E-state index contributed by atoms with van der Waals surface area (Å²) in [6, 6.07) is 6.78. The van der Waals surface area contributed by atoms with Crippen molar-refractivity contribution in [1.82, 2.24) is 10.1 Å². The van der Waals surface area contributed by atoms with Crippen molar-refractivity contribution in [2.45, 2.75) is 20.4 Å². The van der Waals surface area contributed by atoms with E-state index in [1.54, 1.807) is 43.1 Å². The third-order valence-corrected chi connectivity index (χ3v) is 4.66. The summed E-state index contributed by atoms with van der Waals surface area (Å²) < 4.78 is 10.1. The summed E-state index contributed by atoms with van der Waals surface area (Å²) in [7, 11) is 1.70. The molecule has 0 radical (unpaired) electrons. The van der Waals surface area contributed by atoms with Crippen LogP contribution in [0.2, 0.25) is 0 Å². The molecule has 8 heteroatoms. The van der Waals surface area contributed by atoms with Crippen LogP contribution < -0.4 is 5.32 Å². The molecular formula is C17H17N3O4S. The zero-order chi connectivity index (χ0) is 18.0. The van der Waals surface area contributed by atoms with Crippen molar-refractivity contribution < 1.29 is 18.5 Å². The van der Waals surface area contributed by atoms with Crippen LogP contribution >= 0.6 is 11.3 Å². The van der Waals surface area contributed by atoms with Gasteiger partial charge in [-0.3, -0.25) is 9.59 Å². The first-order valence-electron chi connectivity index (χ1n) is 7.57. The first-order chi connectivity index (χ1) is 11.9. The standard InChI is InChI=1S/C17H17N3O4S/c1-10-7-14(18-16(21)13-5-4-6-23-13)25-15(10)17(22)20(3)9-12-8-11(2)24-19-12/h4-8H,9H2,1-3H3,(H,18,21). The lowest BCUT2D eigenvalue weighted by Crippen LogP contribution is -2.26. The van der Waals surface area contributed by atoms with E-state index in [0.717, 1.165) is 5.56 Å². The summed E-state index contributed by atoms with van der Waals surface area (Å²) in [6.07, 6.45) is 1.43. The Morgan fingerprint density at radius 2 is 2.12 bits per heavy atom. The first kappa shape index (κ1) is 17.0. The van der Waals surface area contributed by atoms with Crippen molar-refractivity contribution in [3.63, 3.8) is 0 Å². The largest absolute Gasteiger partial charge is 0.459 e. The van der Waals surface area contributed by atoms with Crippen molar-refractivity contribution >= 4 is 28.2 Å². The predicted molar refractivity (Wildman–Crippen MR) is 92.8 cm³/mol. The number of carbonyl (C=O) groups excluding carboxylic acids is 2. The number of thiophene rings is 1. The minimum Gasteiger partial charge on any atom is -0.459 e. The average Bonchev–Trinajstić information content (AvgIpc) is 3.28. The van der Waals surface area contributed by atoms with Crippen LogP contribution in [0.4, 0.5) is 5.00 Å². The molecule has 0 aromatic carbocycles. The van der Waals surface area contributed by atoms with Crippen LogP contribution in [0.5, 0.6) is 0 Å². The van der Waals surface area contributed by atoms with Crippen molar-refractivity contribution in [3.05, 3.63) is 58.2 Å². The number of amides is 2. The topological polar surface area (TPSA) is 88.6 Å². The number of hydrogen-bond acceptors (Lipinski definition) is 6. The highest BCUT2D eigenvalue weighted by molar-refractivity contribution is 7.18. The highest BCUT2D eigenvalue weighted by Crippen LogP contribution is 2.28. The lowest BCUT2D eigenvalue weighted by molar-refractivity contribution is 0.0786. The molecule has 0 atom stereocenters. The van der Waals surface area contributed by atoms with Gasteiger partial charge < -0.3 is 19.2 Å². The maximum atomic E-state index is 12.7. The Balaban J connectivity index is 1.70. The van der Waals surface area contributed by atoms with E-state index in [2.05, 4.69) is 10.5 Å². The highest BCUT2D eigenvalue weighted by atomic mass is 32.1. The number of nitrogens with one attached hydrogen (secondary N) is 1. The van der Waals surface area contributed by atoms with Crippen LogP contribution in [0, 0.1) is 13.8 Å². The lowest BCUT2D eigenvalue weighted by Gasteiger charge is -2.14. The summed E-state index contributed by atoms with van der Waals surface area (Å²) in [5.74, 6) is 0.432. The van der Waals surface area contributed by atoms with Crippen LogP contribution in [0.3, 0.4) is 0 Å². The van der Waals surface area contributed by atoms with Gasteiger partial charge in [-0.2, -0.15) is 0 Å². The summed E-state index contributed by atoms with van der Waals surface area (Å²) in [5, 5.41) is 7.23. The van der Waals surface area contributed by atoms with Crippen LogP contribution in [0.25, 0.3) is 0 Å². The van der Waals surface area contributed by atoms with Gasteiger partial charge in [0, 0.05) is 13.1 Å². The Bertz CT molecular complexity index is 895. The van der Waals surface area contributed by atoms with Gasteiger partial charge in [0.1, 0.15) is 11.5 Å². The average molecular weight is 359 g/mol. The Hall–Kier alpha value is -2.87. The Morgan fingerprint density at radius 3 is 2.76 bits per heavy atom. The van der Waals surface area contributed by atoms with E-state index >= 15 is 0 Å². The van der Waals surface area contributed by atoms with E-state index in [9.17, 15) is 9.59 Å². The van der Waals surface area contributed by atoms with E-state index < -0.39 is 0 Å². The summed E-state index contributed by atoms with van der Waals surface area (Å²) in [4.78, 5) is 26.8. The molecule has 0 aliphatic carbocycles. The van der Waals surface area contributed by atoms with Crippen molar-refractivity contribution in [2.24, 2.45) is 0 Å². The second-order valence-electron chi connectivity index (χ2n) is 5.64. The molecule has 3 rings (SSSR count). The molecule has 3 aromatic heterocycles. The number of carbonyl (C=O) groups is 2. The highest BCUT2D eigenvalue weighted by Gasteiger charge is 2.20. The van der Waals surface area contributed by atoms with Crippen molar-refractivity contribution in [1.29, 1.82) is 0 Å². The fraction of sp³-hybridized carbons (Fsp3) is 0.235. The van der Waals surface area contributed by atoms with Gasteiger partial charge in [-0.05, 0) is 37.6 Å². The molecule has 0 unspecified atom stereocenters. The number of hydrogen-bond donors (Lipinski definition) is 1. The van der Waals surface area contributed by atoms with Crippen LogP contribution in [-0.4, -0.2) is 28.9 Å². The Labute approximate surface area is 148 Å². The lowest BCUT2D eigenvalue weighted by atomic mass is 10.2. The fourth-order valence-corrected chi connectivity index (χ4v) is 3.38. The molecule has 0 saturated carbocycles. The molecule has 7 nitrogen and oxygen atoms in total. The van der Waals surface area contributed by atoms with Gasteiger partial charge in [0.25, 0.3) is 11.8 Å². The maximum Gasteiger partial charge on any atom is 0.291 e. The second kappa shape index (κ2) is 6.94. The minimum atomic E-state index is -0.350. The zero-order valence-electron chi connectivity index (χ0n) is 14.0. The minimum absolute atomic E-state index is 0.137. The molecule has 2 amide bonds. The number of nitrogens with zero attached hydrogens (tertiary/aromatic N) is 2. The molecule has 1 N–H and O–H groups in total. The molecule has 0 fully saturated rings. The predicted octanol–water partition coefficient (Wildman–Crippen LogP) is 3.47. The van der Waals surface area contributed by atoms with Gasteiger partial charge in [0.2, 0.25) is 0 Å².